The van der Waals surface area contributed by atoms with Crippen molar-refractivity contribution in [1.82, 2.24) is 0 Å². The van der Waals surface area contributed by atoms with Gasteiger partial charge >= 0.3 is 11.9 Å². The van der Waals surface area contributed by atoms with Crippen LogP contribution < -0.4 is 9.47 Å². The van der Waals surface area contributed by atoms with E-state index < -0.39 is 18.5 Å². The average molecular weight is 428 g/mol. The first-order chi connectivity index (χ1) is 15.0. The molecule has 0 fully saturated rings. The van der Waals surface area contributed by atoms with Crippen LogP contribution in [-0.4, -0.2) is 35.4 Å². The molecule has 0 atom stereocenters. The maximum absolute atomic E-state index is 10.8. The number of benzene rings is 2. The molecule has 0 saturated carbocycles. The second-order valence-corrected chi connectivity index (χ2v) is 6.99. The second-order valence-electron chi connectivity index (χ2n) is 6.99. The molecule has 0 aliphatic rings. The number of carboxylic acid groups (broad SMARTS) is 2. The second kappa shape index (κ2) is 13.1. The molecule has 31 heavy (non-hydrogen) atoms. The first-order valence-electron chi connectivity index (χ1n) is 10.1. The summed E-state index contributed by atoms with van der Waals surface area (Å²) in [5.74, 6) is -0.925. The molecule has 0 heterocycles. The lowest BCUT2D eigenvalue weighted by Gasteiger charge is -2.12. The normalized spacial score (nSPS) is 10.5. The average Bonchev–Trinajstić information content (AvgIpc) is 2.75. The lowest BCUT2D eigenvalue weighted by Crippen LogP contribution is -2.10. The van der Waals surface area contributed by atoms with Gasteiger partial charge in [-0.2, -0.15) is 0 Å². The van der Waals surface area contributed by atoms with Crippen molar-refractivity contribution < 1.29 is 34.0 Å². The van der Waals surface area contributed by atoms with Crippen molar-refractivity contribution >= 4 is 18.0 Å². The number of unbranched alkanes of at least 4 members (excludes halogenated alkanes) is 2. The first-order valence-corrected chi connectivity index (χ1v) is 10.1. The predicted octanol–water partition coefficient (Wildman–Crippen LogP) is 4.53. The molecule has 7 heteroatoms. The fraction of sp³-hybridized carbons (Fsp3) is 0.333. The maximum Gasteiger partial charge on any atom is 0.341 e. The van der Waals surface area contributed by atoms with Gasteiger partial charge in [-0.3, -0.25) is 4.79 Å². The van der Waals surface area contributed by atoms with Gasteiger partial charge in [0.15, 0.2) is 6.61 Å². The van der Waals surface area contributed by atoms with Gasteiger partial charge in [0.25, 0.3) is 0 Å². The molecule has 2 aromatic carbocycles. The van der Waals surface area contributed by atoms with Crippen LogP contribution in [0.1, 0.15) is 42.4 Å². The molecule has 166 valence electrons. The highest BCUT2D eigenvalue weighted by Gasteiger charge is 2.07. The first kappa shape index (κ1) is 24.0. The molecule has 0 radical (unpaired) electrons. The summed E-state index contributed by atoms with van der Waals surface area (Å²) >= 11 is 0. The Morgan fingerprint density at radius 2 is 1.52 bits per heavy atom. The van der Waals surface area contributed by atoms with Gasteiger partial charge in [-0.25, -0.2) is 4.79 Å². The Labute approximate surface area is 181 Å². The topological polar surface area (TPSA) is 102 Å². The smallest absolute Gasteiger partial charge is 0.341 e. The van der Waals surface area contributed by atoms with Crippen LogP contribution >= 0.6 is 0 Å². The minimum atomic E-state index is -1.06. The molecule has 0 unspecified atom stereocenters. The highest BCUT2D eigenvalue weighted by Crippen LogP contribution is 2.24. The van der Waals surface area contributed by atoms with Gasteiger partial charge in [0.2, 0.25) is 0 Å². The molecule has 2 N–H and O–H groups in total. The molecular weight excluding hydrogens is 400 g/mol. The molecule has 7 nitrogen and oxygen atoms in total. The zero-order chi connectivity index (χ0) is 22.5. The van der Waals surface area contributed by atoms with Gasteiger partial charge < -0.3 is 24.4 Å². The molecule has 2 rings (SSSR count). The van der Waals surface area contributed by atoms with Gasteiger partial charge in [0, 0.05) is 12.5 Å². The zero-order valence-corrected chi connectivity index (χ0v) is 17.4. The molecule has 0 aromatic heterocycles. The fourth-order valence-corrected chi connectivity index (χ4v) is 2.81. The van der Waals surface area contributed by atoms with Crippen LogP contribution in [0.5, 0.6) is 11.5 Å². The van der Waals surface area contributed by atoms with Crippen molar-refractivity contribution in [2.45, 2.75) is 38.9 Å². The Balaban J connectivity index is 1.91. The molecule has 0 bridgehead atoms. The highest BCUT2D eigenvalue weighted by atomic mass is 16.5. The van der Waals surface area contributed by atoms with Crippen molar-refractivity contribution in [3.8, 4) is 11.5 Å². The summed E-state index contributed by atoms with van der Waals surface area (Å²) in [5.41, 5.74) is 2.87. The number of rotatable bonds is 15. The van der Waals surface area contributed by atoms with E-state index in [1.807, 2.05) is 30.3 Å². The Kier molecular flexibility index (Phi) is 10.1. The number of carbonyl (C=O) groups is 2. The van der Waals surface area contributed by atoms with E-state index in [0.29, 0.717) is 37.7 Å². The van der Waals surface area contributed by atoms with Gasteiger partial charge in [-0.15, -0.1) is 0 Å². The lowest BCUT2D eigenvalue weighted by molar-refractivity contribution is -0.139. The maximum atomic E-state index is 10.8. The van der Waals surface area contributed by atoms with E-state index in [1.54, 1.807) is 18.2 Å². The molecule has 0 amide bonds. The standard InChI is InChI=1S/C24H28O7/c1-2-18-7-9-19(10-8-18)15-29-16-20-12-21(14-22(13-20)31-17-24(27)28)30-11-5-3-4-6-23(25)26/h2,7-10,12-14H,1,3-6,11,15-17H2,(H,25,26)(H,27,28). The number of hydrogen-bond donors (Lipinski definition) is 2. The third-order valence-electron chi connectivity index (χ3n) is 4.36. The lowest BCUT2D eigenvalue weighted by atomic mass is 10.1. The third kappa shape index (κ3) is 9.82. The number of aliphatic carboxylic acids is 2. The van der Waals surface area contributed by atoms with Gasteiger partial charge in [0.1, 0.15) is 11.5 Å². The van der Waals surface area contributed by atoms with Gasteiger partial charge in [-0.05, 0) is 48.1 Å². The Morgan fingerprint density at radius 1 is 0.839 bits per heavy atom. The van der Waals surface area contributed by atoms with Crippen molar-refractivity contribution in [3.05, 3.63) is 65.7 Å². The molecule has 0 aliphatic heterocycles. The minimum absolute atomic E-state index is 0.149. The van der Waals surface area contributed by atoms with E-state index in [-0.39, 0.29) is 6.42 Å². The number of carboxylic acids is 2. The van der Waals surface area contributed by atoms with Crippen LogP contribution in [0.3, 0.4) is 0 Å². The Morgan fingerprint density at radius 3 is 2.16 bits per heavy atom. The summed E-state index contributed by atoms with van der Waals surface area (Å²) in [6.07, 6.45) is 4.01. The molecule has 0 spiro atoms. The van der Waals surface area contributed by atoms with Crippen LogP contribution in [0, 0.1) is 0 Å². The van der Waals surface area contributed by atoms with Crippen LogP contribution in [0.15, 0.2) is 49.0 Å². The van der Waals surface area contributed by atoms with E-state index in [4.69, 9.17) is 24.4 Å². The summed E-state index contributed by atoms with van der Waals surface area (Å²) in [7, 11) is 0. The van der Waals surface area contributed by atoms with E-state index in [0.717, 1.165) is 29.5 Å². The Hall–Kier alpha value is -3.32. The molecule has 0 aliphatic carbocycles. The highest BCUT2D eigenvalue weighted by molar-refractivity contribution is 5.68. The van der Waals surface area contributed by atoms with E-state index in [9.17, 15) is 9.59 Å². The predicted molar refractivity (Wildman–Crippen MR) is 116 cm³/mol. The number of hydrogen-bond acceptors (Lipinski definition) is 5. The summed E-state index contributed by atoms with van der Waals surface area (Å²) in [4.78, 5) is 21.3. The molecule has 0 saturated heterocycles. The zero-order valence-electron chi connectivity index (χ0n) is 17.4. The summed E-state index contributed by atoms with van der Waals surface area (Å²) in [5, 5.41) is 17.5. The summed E-state index contributed by atoms with van der Waals surface area (Å²) < 4.78 is 16.8. The molecular formula is C24H28O7. The van der Waals surface area contributed by atoms with Crippen molar-refractivity contribution in [2.24, 2.45) is 0 Å². The van der Waals surface area contributed by atoms with Crippen molar-refractivity contribution in [1.29, 1.82) is 0 Å². The summed E-state index contributed by atoms with van der Waals surface area (Å²) in [6.45, 7) is 4.45. The van der Waals surface area contributed by atoms with Crippen LogP contribution in [-0.2, 0) is 27.5 Å². The van der Waals surface area contributed by atoms with Crippen LogP contribution in [0.2, 0.25) is 0 Å². The van der Waals surface area contributed by atoms with Gasteiger partial charge in [-0.1, -0.05) is 36.9 Å². The minimum Gasteiger partial charge on any atom is -0.493 e. The van der Waals surface area contributed by atoms with Crippen LogP contribution in [0.25, 0.3) is 6.08 Å². The quantitative estimate of drug-likeness (QED) is 0.402. The SMILES string of the molecule is C=Cc1ccc(COCc2cc(OCCCCCC(=O)O)cc(OCC(=O)O)c2)cc1. The number of ether oxygens (including phenoxy) is 3. The van der Waals surface area contributed by atoms with Crippen LogP contribution in [0.4, 0.5) is 0 Å². The third-order valence-corrected chi connectivity index (χ3v) is 4.36. The fourth-order valence-electron chi connectivity index (χ4n) is 2.81. The largest absolute Gasteiger partial charge is 0.493 e. The van der Waals surface area contributed by atoms with Gasteiger partial charge in [0.05, 0.1) is 19.8 Å². The van der Waals surface area contributed by atoms with E-state index in [1.165, 1.54) is 0 Å². The van der Waals surface area contributed by atoms with E-state index >= 15 is 0 Å². The Bertz CT molecular complexity index is 859. The monoisotopic (exact) mass is 428 g/mol. The molecule has 2 aromatic rings. The summed E-state index contributed by atoms with van der Waals surface area (Å²) in [6, 6.07) is 13.1. The van der Waals surface area contributed by atoms with Crippen molar-refractivity contribution in [3.63, 3.8) is 0 Å². The van der Waals surface area contributed by atoms with Crippen molar-refractivity contribution in [2.75, 3.05) is 13.2 Å². The van der Waals surface area contributed by atoms with E-state index in [2.05, 4.69) is 6.58 Å².